The van der Waals surface area contributed by atoms with Gasteiger partial charge in [0.1, 0.15) is 34.1 Å². The quantitative estimate of drug-likeness (QED) is 0.0485. The van der Waals surface area contributed by atoms with Crippen LogP contribution in [0.5, 0.6) is 11.5 Å². The van der Waals surface area contributed by atoms with Crippen LogP contribution in [0.3, 0.4) is 0 Å². The number of hydrogen-bond donors (Lipinski definition) is 9. The Bertz CT molecular complexity index is 5250. The van der Waals surface area contributed by atoms with Crippen molar-refractivity contribution in [3.05, 3.63) is 254 Å². The fraction of sp³-hybridized carbons (Fsp3) is 0.0423. The minimum Gasteiger partial charge on any atom is -0.506 e. The van der Waals surface area contributed by atoms with Crippen LogP contribution >= 0.6 is 15.9 Å². The number of methoxy groups -OCH3 is 1. The van der Waals surface area contributed by atoms with Crippen molar-refractivity contribution in [1.82, 2.24) is 79.7 Å². The molecule has 0 unspecified atom stereocenters. The average Bonchev–Trinajstić information content (AvgIpc) is 1.61. The molecule has 0 atom stereocenters. The maximum absolute atomic E-state index is 13.1. The molecule has 12 aromatic heterocycles. The molecule has 478 valence electrons. The number of aromatic amines is 4. The van der Waals surface area contributed by atoms with E-state index in [1.54, 1.807) is 87.0 Å². The minimum atomic E-state index is -4.47. The van der Waals surface area contributed by atoms with E-state index in [0.29, 0.717) is 34.9 Å². The minimum absolute atomic E-state index is 0.0810. The van der Waals surface area contributed by atoms with Crippen molar-refractivity contribution in [3.63, 3.8) is 0 Å². The van der Waals surface area contributed by atoms with E-state index < -0.39 is 11.7 Å². The Balaban J connectivity index is 0.000000117. The number of phenolic OH excluding ortho intramolecular Hbond substituents is 1. The molecule has 0 bridgehead atoms. The van der Waals surface area contributed by atoms with E-state index in [-0.39, 0.29) is 17.4 Å². The number of rotatable bonds is 13. The number of ether oxygens (including phenoxy) is 1. The van der Waals surface area contributed by atoms with Crippen molar-refractivity contribution in [2.75, 3.05) is 28.4 Å². The molecule has 26 heteroatoms. The van der Waals surface area contributed by atoms with Gasteiger partial charge in [-0.25, -0.2) is 59.8 Å². The molecule has 0 saturated carbocycles. The predicted molar refractivity (Wildman–Crippen MR) is 373 cm³/mol. The number of phenols is 1. The smallest absolute Gasteiger partial charge is 0.418 e. The van der Waals surface area contributed by atoms with Gasteiger partial charge in [-0.3, -0.25) is 0 Å². The molecule has 16 aromatic rings. The number of halogens is 4. The molecule has 0 aliphatic carbocycles. The van der Waals surface area contributed by atoms with E-state index in [0.717, 1.165) is 111 Å². The summed E-state index contributed by atoms with van der Waals surface area (Å²) in [7, 11) is 1.66. The lowest BCUT2D eigenvalue weighted by Crippen LogP contribution is -2.09. The molecule has 0 spiro atoms. The molecule has 9 N–H and O–H groups in total. The summed E-state index contributed by atoms with van der Waals surface area (Å²) >= 11 is 3.51. The number of benzene rings is 4. The lowest BCUT2D eigenvalue weighted by molar-refractivity contribution is -0.136. The van der Waals surface area contributed by atoms with Crippen LogP contribution in [-0.2, 0) is 6.18 Å². The molecular formula is C71H54BrF3N20O2. The summed E-state index contributed by atoms with van der Waals surface area (Å²) in [5.74, 6) is 2.57. The van der Waals surface area contributed by atoms with Crippen molar-refractivity contribution in [2.24, 2.45) is 0 Å². The maximum atomic E-state index is 13.1. The Morgan fingerprint density at radius 2 is 0.753 bits per heavy atom. The van der Waals surface area contributed by atoms with Crippen molar-refractivity contribution in [1.29, 1.82) is 0 Å². The topological polar surface area (TPSA) is 295 Å². The number of alkyl halides is 3. The number of hydrogen-bond acceptors (Lipinski definition) is 18. The van der Waals surface area contributed by atoms with Gasteiger partial charge in [0, 0.05) is 128 Å². The molecule has 4 aromatic carbocycles. The number of H-pyrrole nitrogens is 4. The van der Waals surface area contributed by atoms with E-state index in [2.05, 4.69) is 117 Å². The Morgan fingerprint density at radius 3 is 1.14 bits per heavy atom. The second-order valence-corrected chi connectivity index (χ2v) is 22.0. The number of para-hydroxylation sites is 4. The lowest BCUT2D eigenvalue weighted by Gasteiger charge is -2.13. The van der Waals surface area contributed by atoms with Crippen LogP contribution < -0.4 is 26.0 Å². The molecule has 16 rings (SSSR count). The third-order valence-electron chi connectivity index (χ3n) is 15.0. The first kappa shape index (κ1) is 62.8. The zero-order valence-electron chi connectivity index (χ0n) is 51.3. The fourth-order valence-electron chi connectivity index (χ4n) is 10.3. The fourth-order valence-corrected chi connectivity index (χ4v) is 10.7. The largest absolute Gasteiger partial charge is 0.506 e. The third-order valence-corrected chi connectivity index (χ3v) is 15.7. The van der Waals surface area contributed by atoms with Gasteiger partial charge in [0.2, 0.25) is 23.8 Å². The SMILES string of the molecule is Brc1ccccc1Nc1nccc(-c2c[nH]c3ncccc23)n1.COc1ccc(Nc2nccc(-c3c[nH]c4ncccc34)n2)c(C)c1.FC(F)(F)c1ccccc1Nc1nccc(-c2c[nH]c3ncccc23)n1.Oc1ccccc1Nc1nccc(-c2c[nH]c3ncccc23)n1. The predicted octanol–water partition coefficient (Wildman–Crippen LogP) is 16.9. The van der Waals surface area contributed by atoms with Gasteiger partial charge >= 0.3 is 6.18 Å². The molecule has 0 aliphatic heterocycles. The summed E-state index contributed by atoms with van der Waals surface area (Å²) in [5.41, 5.74) is 12.6. The van der Waals surface area contributed by atoms with E-state index in [4.69, 9.17) is 4.74 Å². The van der Waals surface area contributed by atoms with Crippen LogP contribution in [0.1, 0.15) is 11.1 Å². The highest BCUT2D eigenvalue weighted by Gasteiger charge is 2.33. The van der Waals surface area contributed by atoms with Crippen molar-refractivity contribution >= 4 is 107 Å². The highest BCUT2D eigenvalue weighted by molar-refractivity contribution is 9.10. The average molecular weight is 1360 g/mol. The Labute approximate surface area is 558 Å². The van der Waals surface area contributed by atoms with Crippen LogP contribution in [-0.4, -0.2) is 92.0 Å². The van der Waals surface area contributed by atoms with Crippen LogP contribution in [0.2, 0.25) is 0 Å². The molecule has 12 heterocycles. The summed E-state index contributed by atoms with van der Waals surface area (Å²) in [6.07, 6.45) is 16.6. The van der Waals surface area contributed by atoms with Crippen LogP contribution in [0.15, 0.2) is 243 Å². The van der Waals surface area contributed by atoms with Gasteiger partial charge in [-0.2, -0.15) is 13.2 Å². The van der Waals surface area contributed by atoms with E-state index >= 15 is 0 Å². The van der Waals surface area contributed by atoms with Crippen LogP contribution in [0, 0.1) is 6.92 Å². The lowest BCUT2D eigenvalue weighted by atomic mass is 10.1. The van der Waals surface area contributed by atoms with Crippen molar-refractivity contribution in [2.45, 2.75) is 13.1 Å². The standard InChI is InChI=1S/C19H17N5O.C18H12F3N5.C17H12BrN5.C17H13N5O/c1-12-10-13(25-2)5-6-16(12)23-19-21-9-7-17(24-19)15-11-22-18-14(15)4-3-8-20-18;19-18(20,21)13-5-1-2-6-15(13)26-17-23-9-7-14(25-17)12-10-24-16-11(12)4-3-8-22-16;18-13-5-1-2-6-15(13)23-17-20-9-7-14(22-17)12-10-21-16-11(12)4-3-8-19-16;23-15-6-2-1-5-14(15)22-17-19-9-7-13(21-17)12-10-20-16-11(12)4-3-8-18-16/h3-11H,1-2H3,(H,20,22)(H,21,23,24);1-10H,(H,22,24)(H,23,25,26);1-10H,(H,19,21)(H,20,22,23);1-10,23H,(H,18,20)(H,19,21,22). The van der Waals surface area contributed by atoms with Crippen molar-refractivity contribution in [3.8, 4) is 56.5 Å². The molecule has 0 amide bonds. The van der Waals surface area contributed by atoms with E-state index in [1.165, 1.54) is 24.4 Å². The van der Waals surface area contributed by atoms with E-state index in [9.17, 15) is 18.3 Å². The van der Waals surface area contributed by atoms with Gasteiger partial charge < -0.3 is 51.0 Å². The van der Waals surface area contributed by atoms with E-state index in [1.807, 2.05) is 135 Å². The molecule has 0 radical (unpaired) electrons. The van der Waals surface area contributed by atoms with Crippen LogP contribution in [0.4, 0.5) is 59.7 Å². The summed E-state index contributed by atoms with van der Waals surface area (Å²) < 4.78 is 45.6. The number of nitrogens with zero attached hydrogens (tertiary/aromatic N) is 12. The molecule has 22 nitrogen and oxygen atoms in total. The monoisotopic (exact) mass is 1350 g/mol. The first-order valence-electron chi connectivity index (χ1n) is 29.8. The Kier molecular flexibility index (Phi) is 18.5. The number of pyridine rings is 4. The highest BCUT2D eigenvalue weighted by Crippen LogP contribution is 2.37. The number of aromatic nitrogens is 16. The van der Waals surface area contributed by atoms with Gasteiger partial charge in [0.25, 0.3) is 0 Å². The normalized spacial score (nSPS) is 11.0. The number of anilines is 8. The summed E-state index contributed by atoms with van der Waals surface area (Å²) in [6, 6.07) is 48.6. The number of nitrogens with one attached hydrogen (secondary N) is 8. The first-order valence-corrected chi connectivity index (χ1v) is 30.6. The third kappa shape index (κ3) is 14.6. The second kappa shape index (κ2) is 28.5. The van der Waals surface area contributed by atoms with Gasteiger partial charge in [-0.05, 0) is 156 Å². The van der Waals surface area contributed by atoms with Gasteiger partial charge in [0.15, 0.2) is 0 Å². The number of aromatic hydroxyl groups is 1. The zero-order chi connectivity index (χ0) is 66.7. The zero-order valence-corrected chi connectivity index (χ0v) is 52.8. The maximum Gasteiger partial charge on any atom is 0.418 e. The number of aryl methyl sites for hydroxylation is 1. The molecule has 97 heavy (non-hydrogen) atoms. The highest BCUT2D eigenvalue weighted by atomic mass is 79.9. The van der Waals surface area contributed by atoms with Crippen LogP contribution in [0.25, 0.3) is 89.2 Å². The second-order valence-electron chi connectivity index (χ2n) is 21.2. The number of fused-ring (bicyclic) bond motifs is 4. The van der Waals surface area contributed by atoms with Gasteiger partial charge in [0.05, 0.1) is 52.5 Å². The van der Waals surface area contributed by atoms with Gasteiger partial charge in [-0.15, -0.1) is 0 Å². The molecule has 0 fully saturated rings. The van der Waals surface area contributed by atoms with Crippen molar-refractivity contribution < 1.29 is 23.0 Å². The molecule has 0 aliphatic rings. The Morgan fingerprint density at radius 1 is 0.392 bits per heavy atom. The molecule has 0 saturated heterocycles. The summed E-state index contributed by atoms with van der Waals surface area (Å²) in [4.78, 5) is 64.6. The first-order chi connectivity index (χ1) is 47.4. The summed E-state index contributed by atoms with van der Waals surface area (Å²) in [6.45, 7) is 2.01. The molecular weight excluding hydrogens is 1300 g/mol. The summed E-state index contributed by atoms with van der Waals surface area (Å²) in [5, 5.41) is 26.0. The Hall–Kier alpha value is -13.0. The van der Waals surface area contributed by atoms with Gasteiger partial charge in [-0.1, -0.05) is 36.4 Å².